The van der Waals surface area contributed by atoms with Crippen LogP contribution >= 0.6 is 0 Å². The molecule has 3 amide bonds. The highest BCUT2D eigenvalue weighted by Gasteiger charge is 2.52. The number of nitrogens with two attached hydrogens (primary N) is 1. The maximum Gasteiger partial charge on any atom is 0.410 e. The van der Waals surface area contributed by atoms with Crippen molar-refractivity contribution >= 4 is 29.6 Å². The van der Waals surface area contributed by atoms with Gasteiger partial charge in [0.2, 0.25) is 5.91 Å². The number of nitrogens with zero attached hydrogens (tertiary/aromatic N) is 2. The zero-order valence-electron chi connectivity index (χ0n) is 21.4. The summed E-state index contributed by atoms with van der Waals surface area (Å²) in [6.45, 7) is 4.71. The third-order valence-electron chi connectivity index (χ3n) is 7.55. The van der Waals surface area contributed by atoms with Gasteiger partial charge in [0.1, 0.15) is 6.61 Å². The molecule has 9 nitrogen and oxygen atoms in total. The first kappa shape index (κ1) is 25.5. The van der Waals surface area contributed by atoms with Gasteiger partial charge >= 0.3 is 12.1 Å². The van der Waals surface area contributed by atoms with Gasteiger partial charge in [-0.1, -0.05) is 56.3 Å². The van der Waals surface area contributed by atoms with E-state index in [1.807, 2.05) is 56.3 Å². The van der Waals surface area contributed by atoms with Crippen LogP contribution in [0.4, 0.5) is 10.5 Å². The van der Waals surface area contributed by atoms with Crippen LogP contribution in [0.5, 0.6) is 0 Å². The first-order valence-corrected chi connectivity index (χ1v) is 12.7. The van der Waals surface area contributed by atoms with Gasteiger partial charge in [0.05, 0.1) is 12.0 Å². The van der Waals surface area contributed by atoms with Crippen molar-refractivity contribution in [3.63, 3.8) is 0 Å². The monoisotopic (exact) mass is 517 g/mol. The van der Waals surface area contributed by atoms with Crippen LogP contribution in [0.2, 0.25) is 0 Å². The fourth-order valence-corrected chi connectivity index (χ4v) is 5.50. The summed E-state index contributed by atoms with van der Waals surface area (Å²) >= 11 is 0. The number of ether oxygens (including phenoxy) is 2. The summed E-state index contributed by atoms with van der Waals surface area (Å²) in [4.78, 5) is 54.3. The minimum atomic E-state index is -0.978. The molecule has 1 aliphatic carbocycles. The van der Waals surface area contributed by atoms with Crippen molar-refractivity contribution in [2.75, 3.05) is 18.0 Å². The molecule has 0 radical (unpaired) electrons. The lowest BCUT2D eigenvalue weighted by molar-refractivity contribution is -0.166. The van der Waals surface area contributed by atoms with Gasteiger partial charge in [0, 0.05) is 29.8 Å². The van der Waals surface area contributed by atoms with Crippen molar-refractivity contribution in [1.29, 1.82) is 0 Å². The highest BCUT2D eigenvalue weighted by molar-refractivity contribution is 6.01. The SMILES string of the molecule is CC1(C)CN(c2ccc(C(N)=O)cc2)C(=O)[C@@H]1OC(=O)[C@@H]1C[C@@H]2C=C[C@H]1N(C(=O)OCc1ccccc1)C2. The van der Waals surface area contributed by atoms with Crippen molar-refractivity contribution in [1.82, 2.24) is 4.90 Å². The molecule has 2 aromatic carbocycles. The Morgan fingerprint density at radius 1 is 1.03 bits per heavy atom. The molecule has 0 unspecified atom stereocenters. The molecule has 0 aromatic heterocycles. The van der Waals surface area contributed by atoms with Crippen LogP contribution in [0.1, 0.15) is 36.2 Å². The highest BCUT2D eigenvalue weighted by atomic mass is 16.6. The fraction of sp³-hybridized carbons (Fsp3) is 0.379. The number of hydrogen-bond donors (Lipinski definition) is 1. The van der Waals surface area contributed by atoms with E-state index < -0.39 is 41.4 Å². The van der Waals surface area contributed by atoms with E-state index in [4.69, 9.17) is 15.2 Å². The van der Waals surface area contributed by atoms with Crippen LogP contribution in [-0.2, 0) is 25.7 Å². The number of rotatable bonds is 6. The Kier molecular flexibility index (Phi) is 6.69. The summed E-state index contributed by atoms with van der Waals surface area (Å²) in [6.07, 6.45) is 2.98. The van der Waals surface area contributed by atoms with Crippen molar-refractivity contribution in [2.24, 2.45) is 23.0 Å². The smallest absolute Gasteiger partial charge is 0.410 e. The van der Waals surface area contributed by atoms with E-state index >= 15 is 0 Å². The molecular weight excluding hydrogens is 486 g/mol. The zero-order chi connectivity index (χ0) is 27.0. The molecule has 2 saturated heterocycles. The summed E-state index contributed by atoms with van der Waals surface area (Å²) < 4.78 is 11.4. The second kappa shape index (κ2) is 9.96. The lowest BCUT2D eigenvalue weighted by atomic mass is 9.77. The van der Waals surface area contributed by atoms with Crippen LogP contribution in [0.3, 0.4) is 0 Å². The zero-order valence-corrected chi connectivity index (χ0v) is 21.4. The Hall–Kier alpha value is -4.14. The molecular formula is C29H31N3O6. The van der Waals surface area contributed by atoms with Gasteiger partial charge < -0.3 is 25.0 Å². The molecule has 198 valence electrons. The number of esters is 1. The lowest BCUT2D eigenvalue weighted by Gasteiger charge is -2.44. The molecule has 3 aliphatic heterocycles. The topological polar surface area (TPSA) is 119 Å². The number of piperidine rings is 1. The standard InChI is InChI=1S/C29H31N3O6/c1-29(2)17-32(21-11-9-20(10-12-21)25(30)33)26(34)24(29)38-27(35)22-14-19-8-13-23(22)31(15-19)28(36)37-16-18-6-4-3-5-7-18/h3-13,19,22-24H,14-17H2,1-2H3,(H2,30,33)/t19-,22+,23+,24-/m0/s1. The van der Waals surface area contributed by atoms with Crippen molar-refractivity contribution in [3.8, 4) is 0 Å². The summed E-state index contributed by atoms with van der Waals surface area (Å²) in [6, 6.07) is 15.4. The molecule has 2 bridgehead atoms. The second-order valence-electron chi connectivity index (χ2n) is 10.8. The Balaban J connectivity index is 1.26. The molecule has 2 N–H and O–H groups in total. The third-order valence-corrected chi connectivity index (χ3v) is 7.55. The van der Waals surface area contributed by atoms with Gasteiger partial charge in [0.15, 0.2) is 6.10 Å². The summed E-state index contributed by atoms with van der Waals surface area (Å²) in [7, 11) is 0. The van der Waals surface area contributed by atoms with Gasteiger partial charge in [-0.05, 0) is 42.2 Å². The predicted octanol–water partition coefficient (Wildman–Crippen LogP) is 3.28. The first-order valence-electron chi connectivity index (χ1n) is 12.7. The normalized spacial score (nSPS) is 25.4. The fourth-order valence-electron chi connectivity index (χ4n) is 5.50. The number of fused-ring (bicyclic) bond motifs is 2. The van der Waals surface area contributed by atoms with Gasteiger partial charge in [-0.2, -0.15) is 0 Å². The van der Waals surface area contributed by atoms with Gasteiger partial charge in [-0.15, -0.1) is 0 Å². The minimum absolute atomic E-state index is 0.00869. The average molecular weight is 518 g/mol. The van der Waals surface area contributed by atoms with Crippen molar-refractivity contribution in [3.05, 3.63) is 77.9 Å². The van der Waals surface area contributed by atoms with Crippen LogP contribution in [0.15, 0.2) is 66.7 Å². The third kappa shape index (κ3) is 4.88. The molecule has 6 rings (SSSR count). The van der Waals surface area contributed by atoms with Crippen LogP contribution < -0.4 is 10.6 Å². The van der Waals surface area contributed by atoms with E-state index in [1.165, 1.54) is 0 Å². The van der Waals surface area contributed by atoms with Gasteiger partial charge in [-0.3, -0.25) is 14.4 Å². The number of hydrogen-bond acceptors (Lipinski definition) is 6. The number of benzene rings is 2. The predicted molar refractivity (Wildman–Crippen MR) is 139 cm³/mol. The maximum absolute atomic E-state index is 13.4. The largest absolute Gasteiger partial charge is 0.451 e. The second-order valence-corrected chi connectivity index (χ2v) is 10.8. The molecule has 2 fully saturated rings. The van der Waals surface area contributed by atoms with Crippen molar-refractivity contribution in [2.45, 2.75) is 39.0 Å². The number of carbonyl (C=O) groups is 4. The van der Waals surface area contributed by atoms with Crippen LogP contribution in [0, 0.1) is 17.3 Å². The molecule has 9 heteroatoms. The van der Waals surface area contributed by atoms with Gasteiger partial charge in [0.25, 0.3) is 5.91 Å². The highest BCUT2D eigenvalue weighted by Crippen LogP contribution is 2.39. The molecule has 2 aromatic rings. The van der Waals surface area contributed by atoms with E-state index in [9.17, 15) is 19.2 Å². The molecule has 4 atom stereocenters. The summed E-state index contributed by atoms with van der Waals surface area (Å²) in [5.74, 6) is -1.96. The number of anilines is 1. The Bertz CT molecular complexity index is 1270. The van der Waals surface area contributed by atoms with Crippen LogP contribution in [0.25, 0.3) is 0 Å². The summed E-state index contributed by atoms with van der Waals surface area (Å²) in [5, 5.41) is 0. The Morgan fingerprint density at radius 2 is 1.74 bits per heavy atom. The first-order chi connectivity index (χ1) is 18.1. The molecule has 3 heterocycles. The Labute approximate surface area is 221 Å². The molecule has 38 heavy (non-hydrogen) atoms. The quantitative estimate of drug-likeness (QED) is 0.464. The molecule has 0 saturated carbocycles. The van der Waals surface area contributed by atoms with E-state index in [2.05, 4.69) is 0 Å². The molecule has 0 spiro atoms. The maximum atomic E-state index is 13.4. The van der Waals surface area contributed by atoms with Gasteiger partial charge in [-0.25, -0.2) is 4.79 Å². The molecule has 4 aliphatic rings. The lowest BCUT2D eigenvalue weighted by Crippen LogP contribution is -2.56. The number of amides is 3. The summed E-state index contributed by atoms with van der Waals surface area (Å²) in [5.41, 5.74) is 6.49. The van der Waals surface area contributed by atoms with E-state index in [0.29, 0.717) is 30.8 Å². The van der Waals surface area contributed by atoms with E-state index in [-0.39, 0.29) is 18.4 Å². The van der Waals surface area contributed by atoms with Crippen LogP contribution in [-0.4, -0.2) is 54.0 Å². The van der Waals surface area contributed by atoms with Crippen molar-refractivity contribution < 1.29 is 28.7 Å². The van der Waals surface area contributed by atoms with E-state index in [1.54, 1.807) is 34.1 Å². The Morgan fingerprint density at radius 3 is 2.39 bits per heavy atom. The number of carbonyl (C=O) groups excluding carboxylic acids is 4. The average Bonchev–Trinajstić information content (AvgIpc) is 3.15. The van der Waals surface area contributed by atoms with E-state index in [0.717, 1.165) is 5.56 Å². The number of primary amides is 1. The minimum Gasteiger partial charge on any atom is -0.451 e.